The normalized spacial score (nSPS) is 10.5. The summed E-state index contributed by atoms with van der Waals surface area (Å²) in [6.45, 7) is 2.50. The van der Waals surface area contributed by atoms with Gasteiger partial charge in [0.25, 0.3) is 5.91 Å². The number of carbonyl (C=O) groups is 1. The number of rotatable bonds is 5. The van der Waals surface area contributed by atoms with Gasteiger partial charge in [-0.3, -0.25) is 4.79 Å². The lowest BCUT2D eigenvalue weighted by Crippen LogP contribution is -2.30. The summed E-state index contributed by atoms with van der Waals surface area (Å²) in [5.41, 5.74) is 0.929. The third kappa shape index (κ3) is 4.73. The minimum atomic E-state index is -0.0628. The molecule has 6 heteroatoms. The van der Waals surface area contributed by atoms with Crippen LogP contribution in [0.1, 0.15) is 10.4 Å². The molecule has 1 heterocycles. The molecule has 0 spiro atoms. The number of carbonyl (C=O) groups excluding carboxylic acids is 1. The van der Waals surface area contributed by atoms with E-state index >= 15 is 0 Å². The van der Waals surface area contributed by atoms with Gasteiger partial charge >= 0.3 is 0 Å². The van der Waals surface area contributed by atoms with Gasteiger partial charge < -0.3 is 9.64 Å². The molecule has 0 N–H and O–H groups in total. The van der Waals surface area contributed by atoms with Gasteiger partial charge in [0.05, 0.1) is 10.3 Å². The van der Waals surface area contributed by atoms with Crippen LogP contribution in [0, 0.1) is 6.92 Å². The first-order chi connectivity index (χ1) is 9.95. The van der Waals surface area contributed by atoms with Crippen molar-refractivity contribution in [2.75, 3.05) is 13.7 Å². The molecule has 1 aromatic heterocycles. The Kier molecular flexibility index (Phi) is 5.67. The van der Waals surface area contributed by atoms with Gasteiger partial charge in [0.15, 0.2) is 6.61 Å². The number of hydrogen-bond donors (Lipinski definition) is 0. The second kappa shape index (κ2) is 7.29. The van der Waals surface area contributed by atoms with E-state index < -0.39 is 0 Å². The summed E-state index contributed by atoms with van der Waals surface area (Å²) >= 11 is 11.0. The Morgan fingerprint density at radius 2 is 2.14 bits per heavy atom. The predicted octanol–water partition coefficient (Wildman–Crippen LogP) is 4.51. The fourth-order valence-electron chi connectivity index (χ4n) is 1.72. The Balaban J connectivity index is 1.87. The smallest absolute Gasteiger partial charge is 0.260 e. The maximum Gasteiger partial charge on any atom is 0.260 e. The summed E-state index contributed by atoms with van der Waals surface area (Å²) in [5, 5.41) is 0.689. The van der Waals surface area contributed by atoms with Gasteiger partial charge in [-0.25, -0.2) is 0 Å². The Labute approximate surface area is 141 Å². The number of likely N-dealkylation sites (N-methyl/N-ethyl adjacent to an activating group) is 1. The van der Waals surface area contributed by atoms with E-state index in [1.807, 2.05) is 25.1 Å². The van der Waals surface area contributed by atoms with Gasteiger partial charge in [0, 0.05) is 16.9 Å². The van der Waals surface area contributed by atoms with Crippen molar-refractivity contribution in [2.45, 2.75) is 13.5 Å². The summed E-state index contributed by atoms with van der Waals surface area (Å²) in [6.07, 6.45) is 0. The highest BCUT2D eigenvalue weighted by Gasteiger charge is 2.11. The van der Waals surface area contributed by atoms with Crippen LogP contribution in [-0.4, -0.2) is 24.5 Å². The molecule has 0 saturated heterocycles. The molecule has 0 bridgehead atoms. The van der Waals surface area contributed by atoms with Gasteiger partial charge in [-0.15, -0.1) is 11.3 Å². The first kappa shape index (κ1) is 16.3. The lowest BCUT2D eigenvalue weighted by Gasteiger charge is -2.16. The number of benzene rings is 1. The summed E-state index contributed by atoms with van der Waals surface area (Å²) in [4.78, 5) is 14.8. The number of nitrogens with zero attached hydrogens (tertiary/aromatic N) is 1. The van der Waals surface area contributed by atoms with E-state index in [0.717, 1.165) is 14.2 Å². The summed E-state index contributed by atoms with van der Waals surface area (Å²) in [7, 11) is 1.77. The number of hydrogen-bond acceptors (Lipinski definition) is 3. The highest BCUT2D eigenvalue weighted by atomic mass is 79.9. The minimum absolute atomic E-state index is 0.0180. The standard InChI is InChI=1S/C15H15BrClNO2S/c1-10-7-11(3-5-13(10)17)20-9-15(19)18(2)8-12-4-6-14(16)21-12/h3-7H,8-9H2,1-2H3. The molecule has 2 aromatic rings. The Morgan fingerprint density at radius 1 is 1.38 bits per heavy atom. The molecule has 1 aromatic carbocycles. The van der Waals surface area contributed by atoms with Crippen LogP contribution in [0.5, 0.6) is 5.75 Å². The summed E-state index contributed by atoms with van der Waals surface area (Å²) in [6, 6.07) is 9.34. The molecule has 0 unspecified atom stereocenters. The van der Waals surface area contributed by atoms with Crippen molar-refractivity contribution in [3.05, 3.63) is 49.6 Å². The number of ether oxygens (including phenoxy) is 1. The molecular formula is C15H15BrClNO2S. The number of thiophene rings is 1. The van der Waals surface area contributed by atoms with E-state index in [2.05, 4.69) is 15.9 Å². The van der Waals surface area contributed by atoms with Gasteiger partial charge in [-0.1, -0.05) is 11.6 Å². The fraction of sp³-hybridized carbons (Fsp3) is 0.267. The van der Waals surface area contributed by atoms with Gasteiger partial charge in [-0.2, -0.15) is 0 Å². The molecule has 1 amide bonds. The Morgan fingerprint density at radius 3 is 2.76 bits per heavy atom. The van der Waals surface area contributed by atoms with Crippen molar-refractivity contribution in [1.29, 1.82) is 0 Å². The van der Waals surface area contributed by atoms with Gasteiger partial charge in [-0.05, 0) is 58.7 Å². The molecule has 0 fully saturated rings. The first-order valence-corrected chi connectivity index (χ1v) is 8.31. The molecule has 112 valence electrons. The molecule has 0 atom stereocenters. The topological polar surface area (TPSA) is 29.5 Å². The molecule has 2 rings (SSSR count). The quantitative estimate of drug-likeness (QED) is 0.754. The highest BCUT2D eigenvalue weighted by Crippen LogP contribution is 2.23. The van der Waals surface area contributed by atoms with Crippen molar-refractivity contribution in [2.24, 2.45) is 0 Å². The van der Waals surface area contributed by atoms with Crippen LogP contribution in [0.4, 0.5) is 0 Å². The van der Waals surface area contributed by atoms with Crippen molar-refractivity contribution < 1.29 is 9.53 Å². The second-order valence-corrected chi connectivity index (χ2v) is 7.61. The van der Waals surface area contributed by atoms with Crippen molar-refractivity contribution >= 4 is 44.8 Å². The van der Waals surface area contributed by atoms with Crippen LogP contribution in [-0.2, 0) is 11.3 Å². The molecule has 21 heavy (non-hydrogen) atoms. The maximum atomic E-state index is 12.0. The van der Waals surface area contributed by atoms with Crippen molar-refractivity contribution in [3.8, 4) is 5.75 Å². The zero-order chi connectivity index (χ0) is 15.4. The monoisotopic (exact) mass is 387 g/mol. The molecule has 0 aliphatic rings. The maximum absolute atomic E-state index is 12.0. The number of amides is 1. The number of aryl methyl sites for hydroxylation is 1. The van der Waals surface area contributed by atoms with Crippen LogP contribution in [0.2, 0.25) is 5.02 Å². The van der Waals surface area contributed by atoms with Crippen LogP contribution in [0.3, 0.4) is 0 Å². The van der Waals surface area contributed by atoms with E-state index in [9.17, 15) is 4.79 Å². The average molecular weight is 389 g/mol. The van der Waals surface area contributed by atoms with Crippen molar-refractivity contribution in [3.63, 3.8) is 0 Å². The van der Waals surface area contributed by atoms with E-state index in [4.69, 9.17) is 16.3 Å². The Hall–Kier alpha value is -1.04. The molecule has 3 nitrogen and oxygen atoms in total. The SMILES string of the molecule is Cc1cc(OCC(=O)N(C)Cc2ccc(Br)s2)ccc1Cl. The molecule has 0 saturated carbocycles. The minimum Gasteiger partial charge on any atom is -0.484 e. The first-order valence-electron chi connectivity index (χ1n) is 6.33. The molecule has 0 radical (unpaired) electrons. The van der Waals surface area contributed by atoms with Gasteiger partial charge in [0.1, 0.15) is 5.75 Å². The summed E-state index contributed by atoms with van der Waals surface area (Å²) in [5.74, 6) is 0.588. The number of halogens is 2. The van der Waals surface area contributed by atoms with E-state index in [1.54, 1.807) is 35.4 Å². The van der Waals surface area contributed by atoms with E-state index in [0.29, 0.717) is 17.3 Å². The van der Waals surface area contributed by atoms with Crippen molar-refractivity contribution in [1.82, 2.24) is 4.90 Å². The lowest BCUT2D eigenvalue weighted by atomic mass is 10.2. The van der Waals surface area contributed by atoms with Gasteiger partial charge in [0.2, 0.25) is 0 Å². The van der Waals surface area contributed by atoms with E-state index in [1.165, 1.54) is 0 Å². The molecule has 0 aliphatic heterocycles. The van der Waals surface area contributed by atoms with Crippen LogP contribution < -0.4 is 4.74 Å². The van der Waals surface area contributed by atoms with E-state index in [-0.39, 0.29) is 12.5 Å². The van der Waals surface area contributed by atoms with Crippen LogP contribution in [0.15, 0.2) is 34.1 Å². The highest BCUT2D eigenvalue weighted by molar-refractivity contribution is 9.11. The Bertz CT molecular complexity index is 644. The largest absolute Gasteiger partial charge is 0.484 e. The zero-order valence-electron chi connectivity index (χ0n) is 11.7. The predicted molar refractivity (Wildman–Crippen MR) is 90.2 cm³/mol. The second-order valence-electron chi connectivity index (χ2n) is 4.66. The fourth-order valence-corrected chi connectivity index (χ4v) is 3.38. The third-order valence-electron chi connectivity index (χ3n) is 2.94. The summed E-state index contributed by atoms with van der Waals surface area (Å²) < 4.78 is 6.57. The molecular weight excluding hydrogens is 374 g/mol. The van der Waals surface area contributed by atoms with Crippen LogP contribution in [0.25, 0.3) is 0 Å². The van der Waals surface area contributed by atoms with Crippen LogP contribution >= 0.6 is 38.9 Å². The lowest BCUT2D eigenvalue weighted by molar-refractivity contribution is -0.132. The molecule has 0 aliphatic carbocycles. The zero-order valence-corrected chi connectivity index (χ0v) is 14.9. The average Bonchev–Trinajstić information content (AvgIpc) is 2.85. The third-order valence-corrected chi connectivity index (χ3v) is 4.97.